The molecule has 0 aliphatic carbocycles. The zero-order valence-electron chi connectivity index (χ0n) is 32.7. The zero-order chi connectivity index (χ0) is 40.6. The molecule has 4 fully saturated rings. The third-order valence-corrected chi connectivity index (χ3v) is 12.1. The SMILES string of the molecule is O=C(NCc1cccc(C(F)(F)F)c1)[C@H](CCC(=O)N1CCC(CCN2CCCCC2)CC1)N1C(=O)[C@@H](N2C(=O)OC[C@@H]2c2ccccc2)[C@H]1/C=C/c1ccccc1. The van der Waals surface area contributed by atoms with Crippen molar-refractivity contribution in [3.8, 4) is 0 Å². The quantitative estimate of drug-likeness (QED) is 0.175. The van der Waals surface area contributed by atoms with E-state index in [4.69, 9.17) is 4.74 Å². The van der Waals surface area contributed by atoms with Crippen LogP contribution in [0.4, 0.5) is 18.0 Å². The molecule has 0 saturated carbocycles. The Labute approximate surface area is 338 Å². The maximum atomic E-state index is 14.5. The molecule has 4 aliphatic rings. The maximum Gasteiger partial charge on any atom is 0.416 e. The molecule has 0 unspecified atom stereocenters. The van der Waals surface area contributed by atoms with Gasteiger partial charge >= 0.3 is 12.3 Å². The molecule has 4 atom stereocenters. The van der Waals surface area contributed by atoms with Crippen LogP contribution in [0.5, 0.6) is 0 Å². The highest BCUT2D eigenvalue weighted by atomic mass is 19.4. The minimum atomic E-state index is -4.56. The van der Waals surface area contributed by atoms with Gasteiger partial charge in [0.25, 0.3) is 0 Å². The van der Waals surface area contributed by atoms with Gasteiger partial charge in [-0.1, -0.05) is 91.4 Å². The summed E-state index contributed by atoms with van der Waals surface area (Å²) in [4.78, 5) is 63.0. The Morgan fingerprint density at radius 2 is 1.59 bits per heavy atom. The van der Waals surface area contributed by atoms with Crippen molar-refractivity contribution < 1.29 is 37.1 Å². The Morgan fingerprint density at radius 3 is 2.29 bits per heavy atom. The number of hydrogen-bond acceptors (Lipinski definition) is 6. The van der Waals surface area contributed by atoms with E-state index in [1.54, 1.807) is 6.08 Å². The molecule has 0 aromatic heterocycles. The van der Waals surface area contributed by atoms with E-state index in [1.807, 2.05) is 71.6 Å². The summed E-state index contributed by atoms with van der Waals surface area (Å²) in [6.45, 7) is 4.48. The second kappa shape index (κ2) is 18.6. The number of piperidine rings is 2. The first-order chi connectivity index (χ1) is 28.1. The largest absolute Gasteiger partial charge is 0.447 e. The van der Waals surface area contributed by atoms with Crippen LogP contribution in [-0.2, 0) is 31.8 Å². The van der Waals surface area contributed by atoms with Crippen molar-refractivity contribution in [2.75, 3.05) is 39.3 Å². The van der Waals surface area contributed by atoms with Gasteiger partial charge in [0.2, 0.25) is 17.7 Å². The molecule has 13 heteroatoms. The molecule has 0 bridgehead atoms. The average Bonchev–Trinajstić information content (AvgIpc) is 3.62. The molecule has 10 nitrogen and oxygen atoms in total. The highest BCUT2D eigenvalue weighted by Crippen LogP contribution is 2.39. The summed E-state index contributed by atoms with van der Waals surface area (Å²) in [5.41, 5.74) is 1.03. The van der Waals surface area contributed by atoms with Crippen molar-refractivity contribution >= 4 is 29.9 Å². The van der Waals surface area contributed by atoms with Crippen LogP contribution in [0.1, 0.15) is 79.7 Å². The maximum absolute atomic E-state index is 14.5. The van der Waals surface area contributed by atoms with Gasteiger partial charge in [0.05, 0.1) is 17.6 Å². The number of ether oxygens (including phenoxy) is 1. The number of hydrogen-bond donors (Lipinski definition) is 1. The fraction of sp³-hybridized carbons (Fsp3) is 0.467. The Balaban J connectivity index is 1.10. The van der Waals surface area contributed by atoms with E-state index in [9.17, 15) is 32.3 Å². The Kier molecular flexibility index (Phi) is 13.2. The van der Waals surface area contributed by atoms with Crippen molar-refractivity contribution in [2.45, 2.75) is 88.3 Å². The van der Waals surface area contributed by atoms with E-state index >= 15 is 0 Å². The van der Waals surface area contributed by atoms with Crippen LogP contribution in [0.2, 0.25) is 0 Å². The van der Waals surface area contributed by atoms with E-state index in [0.717, 1.165) is 62.2 Å². The molecular weight excluding hydrogens is 748 g/mol. The molecule has 7 rings (SSSR count). The summed E-state index contributed by atoms with van der Waals surface area (Å²) in [6, 6.07) is 19.9. The van der Waals surface area contributed by atoms with Crippen molar-refractivity contribution in [3.63, 3.8) is 0 Å². The van der Waals surface area contributed by atoms with Gasteiger partial charge in [-0.05, 0) is 92.9 Å². The van der Waals surface area contributed by atoms with E-state index < -0.39 is 53.8 Å². The summed E-state index contributed by atoms with van der Waals surface area (Å²) in [5.74, 6) is -0.651. The number of halogens is 3. The molecule has 0 radical (unpaired) electrons. The molecule has 3 aromatic rings. The lowest BCUT2D eigenvalue weighted by atomic mass is 9.87. The smallest absolute Gasteiger partial charge is 0.416 e. The Morgan fingerprint density at radius 1 is 0.879 bits per heavy atom. The molecule has 4 saturated heterocycles. The van der Waals surface area contributed by atoms with Gasteiger partial charge in [0.15, 0.2) is 0 Å². The normalized spacial score (nSPS) is 22.5. The number of rotatable bonds is 14. The minimum absolute atomic E-state index is 0.0111. The summed E-state index contributed by atoms with van der Waals surface area (Å²) < 4.78 is 46.0. The predicted octanol–water partition coefficient (Wildman–Crippen LogP) is 7.07. The standard InChI is InChI=1S/C45H52F3N5O5/c46-45(47,48)36-16-10-13-34(29-36)30-49-42(55)38(19-20-40(54)51-27-22-33(23-28-51)21-26-50-24-8-3-9-25-50)52-37(18-17-32-11-4-1-5-12-32)41(43(52)56)53-39(31-58-44(53)57)35-14-6-2-7-15-35/h1-2,4-7,10-18,29,33,37-39,41H,3,8-9,19-28,30-31H2,(H,49,55)/b18-17+/t37-,38+,39-,41+/m1/s1. The van der Waals surface area contributed by atoms with Crippen LogP contribution in [0.15, 0.2) is 91.0 Å². The lowest BCUT2D eigenvalue weighted by molar-refractivity contribution is -0.163. The molecule has 58 heavy (non-hydrogen) atoms. The Hall–Kier alpha value is -5.17. The zero-order valence-corrected chi connectivity index (χ0v) is 32.7. The van der Waals surface area contributed by atoms with E-state index in [0.29, 0.717) is 19.0 Å². The van der Waals surface area contributed by atoms with Crippen LogP contribution in [0.3, 0.4) is 0 Å². The molecule has 4 aliphatic heterocycles. The van der Waals surface area contributed by atoms with Gasteiger partial charge in [-0.25, -0.2) is 4.79 Å². The number of amides is 4. The van der Waals surface area contributed by atoms with Crippen molar-refractivity contribution in [1.29, 1.82) is 0 Å². The number of β-lactam (4-membered cyclic amide) rings is 1. The number of carbonyl (C=O) groups is 4. The number of benzene rings is 3. The molecule has 1 N–H and O–H groups in total. The number of nitrogens with zero attached hydrogens (tertiary/aromatic N) is 4. The Bertz CT molecular complexity index is 1910. The van der Waals surface area contributed by atoms with Gasteiger partial charge in [-0.2, -0.15) is 13.2 Å². The van der Waals surface area contributed by atoms with Crippen molar-refractivity contribution in [1.82, 2.24) is 24.9 Å². The summed E-state index contributed by atoms with van der Waals surface area (Å²) >= 11 is 0. The molecule has 4 amide bonds. The van der Waals surface area contributed by atoms with Gasteiger partial charge in [0, 0.05) is 26.1 Å². The topological polar surface area (TPSA) is 103 Å². The third-order valence-electron chi connectivity index (χ3n) is 12.1. The fourth-order valence-electron chi connectivity index (χ4n) is 8.80. The van der Waals surface area contributed by atoms with Crippen LogP contribution in [0, 0.1) is 5.92 Å². The second-order valence-corrected chi connectivity index (χ2v) is 15.8. The first kappa shape index (κ1) is 41.0. The molecule has 308 valence electrons. The van der Waals surface area contributed by atoms with E-state index in [2.05, 4.69) is 10.2 Å². The summed E-state index contributed by atoms with van der Waals surface area (Å²) in [7, 11) is 0. The average molecular weight is 800 g/mol. The second-order valence-electron chi connectivity index (χ2n) is 15.8. The third kappa shape index (κ3) is 9.74. The number of carbonyl (C=O) groups excluding carboxylic acids is 4. The van der Waals surface area contributed by atoms with Gasteiger partial charge in [0.1, 0.15) is 18.7 Å². The van der Waals surface area contributed by atoms with Gasteiger partial charge < -0.3 is 24.8 Å². The molecule has 3 aromatic carbocycles. The molecular formula is C45H52F3N5O5. The number of likely N-dealkylation sites (tertiary alicyclic amines) is 3. The highest BCUT2D eigenvalue weighted by Gasteiger charge is 2.58. The summed E-state index contributed by atoms with van der Waals surface area (Å²) in [5, 5.41) is 2.76. The van der Waals surface area contributed by atoms with Crippen LogP contribution in [0.25, 0.3) is 6.08 Å². The molecule has 0 spiro atoms. The number of alkyl halides is 3. The first-order valence-electron chi connectivity index (χ1n) is 20.6. The monoisotopic (exact) mass is 799 g/mol. The summed E-state index contributed by atoms with van der Waals surface area (Å²) in [6.07, 6.45) is 5.13. The molecule has 4 heterocycles. The van der Waals surface area contributed by atoms with E-state index in [1.165, 1.54) is 41.2 Å². The highest BCUT2D eigenvalue weighted by molar-refractivity contribution is 5.98. The number of nitrogens with one attached hydrogen (secondary N) is 1. The van der Waals surface area contributed by atoms with Crippen LogP contribution >= 0.6 is 0 Å². The van der Waals surface area contributed by atoms with Crippen LogP contribution < -0.4 is 5.32 Å². The fourth-order valence-corrected chi connectivity index (χ4v) is 8.80. The van der Waals surface area contributed by atoms with Crippen molar-refractivity contribution in [3.05, 3.63) is 113 Å². The van der Waals surface area contributed by atoms with Gasteiger partial charge in [-0.3, -0.25) is 19.3 Å². The van der Waals surface area contributed by atoms with Crippen molar-refractivity contribution in [2.24, 2.45) is 5.92 Å². The number of cyclic esters (lactones) is 1. The minimum Gasteiger partial charge on any atom is -0.447 e. The first-order valence-corrected chi connectivity index (χ1v) is 20.6. The lowest BCUT2D eigenvalue weighted by Gasteiger charge is -2.52. The predicted molar refractivity (Wildman–Crippen MR) is 213 cm³/mol. The van der Waals surface area contributed by atoms with Crippen LogP contribution in [-0.4, -0.2) is 101 Å². The lowest BCUT2D eigenvalue weighted by Crippen LogP contribution is -2.74. The van der Waals surface area contributed by atoms with Gasteiger partial charge in [-0.15, -0.1) is 0 Å². The van der Waals surface area contributed by atoms with E-state index in [-0.39, 0.29) is 37.5 Å².